The van der Waals surface area contributed by atoms with E-state index in [9.17, 15) is 0 Å². The average Bonchev–Trinajstić information content (AvgIpc) is 2.42. The molecular formula is C16H22. The van der Waals surface area contributed by atoms with E-state index in [1.54, 1.807) is 0 Å². The zero-order valence-electron chi connectivity index (χ0n) is 10.4. The molecule has 2 atom stereocenters. The monoisotopic (exact) mass is 214 g/mol. The molecule has 0 saturated carbocycles. The number of allylic oxidation sites excluding steroid dienone is 8. The van der Waals surface area contributed by atoms with Gasteiger partial charge in [-0.05, 0) is 31.1 Å². The molecule has 2 aliphatic carbocycles. The largest absolute Gasteiger partial charge is 0.0871 e. The Balaban J connectivity index is 1.94. The Labute approximate surface area is 99.4 Å². The highest BCUT2D eigenvalue weighted by Crippen LogP contribution is 2.29. The fraction of sp³-hybridized carbons (Fsp3) is 0.500. The highest BCUT2D eigenvalue weighted by atomic mass is 14.2. The second-order valence-corrected chi connectivity index (χ2v) is 5.62. The van der Waals surface area contributed by atoms with Gasteiger partial charge in [0.15, 0.2) is 0 Å². The Kier molecular flexibility index (Phi) is 3.48. The lowest BCUT2D eigenvalue weighted by molar-refractivity contribution is 0.486. The molecule has 0 fully saturated rings. The van der Waals surface area contributed by atoms with Gasteiger partial charge in [-0.1, -0.05) is 62.5 Å². The summed E-state index contributed by atoms with van der Waals surface area (Å²) < 4.78 is 0. The van der Waals surface area contributed by atoms with E-state index < -0.39 is 0 Å². The molecule has 0 bridgehead atoms. The van der Waals surface area contributed by atoms with E-state index in [1.807, 2.05) is 0 Å². The van der Waals surface area contributed by atoms with Crippen molar-refractivity contribution in [3.05, 3.63) is 48.6 Å². The van der Waals surface area contributed by atoms with Gasteiger partial charge in [-0.3, -0.25) is 0 Å². The van der Waals surface area contributed by atoms with Crippen LogP contribution in [0, 0.1) is 17.3 Å². The van der Waals surface area contributed by atoms with Crippen LogP contribution in [0.25, 0.3) is 0 Å². The van der Waals surface area contributed by atoms with Crippen molar-refractivity contribution < 1.29 is 0 Å². The first kappa shape index (κ1) is 11.4. The van der Waals surface area contributed by atoms with E-state index in [4.69, 9.17) is 0 Å². The molecule has 0 aromatic rings. The van der Waals surface area contributed by atoms with Crippen molar-refractivity contribution in [3.8, 4) is 0 Å². The molecule has 16 heavy (non-hydrogen) atoms. The van der Waals surface area contributed by atoms with E-state index in [0.29, 0.717) is 0 Å². The van der Waals surface area contributed by atoms with Gasteiger partial charge in [-0.15, -0.1) is 0 Å². The molecule has 0 saturated heterocycles. The molecule has 0 aliphatic heterocycles. The lowest BCUT2D eigenvalue weighted by Gasteiger charge is -2.18. The number of rotatable bonds is 2. The Morgan fingerprint density at radius 3 is 2.44 bits per heavy atom. The Hall–Kier alpha value is -1.04. The van der Waals surface area contributed by atoms with Crippen LogP contribution in [0.15, 0.2) is 48.6 Å². The van der Waals surface area contributed by atoms with Crippen LogP contribution in [0.5, 0.6) is 0 Å². The topological polar surface area (TPSA) is 0 Å². The van der Waals surface area contributed by atoms with Crippen LogP contribution >= 0.6 is 0 Å². The molecule has 2 unspecified atom stereocenters. The molecule has 0 N–H and O–H groups in total. The third-order valence-corrected chi connectivity index (χ3v) is 3.46. The van der Waals surface area contributed by atoms with Crippen molar-refractivity contribution in [2.24, 2.45) is 17.3 Å². The second kappa shape index (κ2) is 4.86. The molecular weight excluding hydrogens is 192 g/mol. The summed E-state index contributed by atoms with van der Waals surface area (Å²) in [5.41, 5.74) is 0.247. The fourth-order valence-corrected chi connectivity index (χ4v) is 2.44. The normalized spacial score (nSPS) is 31.6. The summed E-state index contributed by atoms with van der Waals surface area (Å²) in [6, 6.07) is 0. The van der Waals surface area contributed by atoms with Gasteiger partial charge in [0.25, 0.3) is 0 Å². The minimum absolute atomic E-state index is 0.247. The zero-order valence-corrected chi connectivity index (χ0v) is 10.4. The summed E-state index contributed by atoms with van der Waals surface area (Å²) in [4.78, 5) is 0. The van der Waals surface area contributed by atoms with E-state index >= 15 is 0 Å². The molecule has 2 aliphatic rings. The van der Waals surface area contributed by atoms with Gasteiger partial charge in [0.05, 0.1) is 0 Å². The molecule has 0 amide bonds. The zero-order chi connectivity index (χ0) is 11.4. The molecule has 0 aromatic carbocycles. The maximum atomic E-state index is 2.42. The van der Waals surface area contributed by atoms with E-state index in [1.165, 1.54) is 19.3 Å². The molecule has 0 heterocycles. The van der Waals surface area contributed by atoms with Gasteiger partial charge in [0.1, 0.15) is 0 Å². The van der Waals surface area contributed by atoms with Gasteiger partial charge in [-0.2, -0.15) is 0 Å². The van der Waals surface area contributed by atoms with Crippen LogP contribution in [-0.4, -0.2) is 0 Å². The summed E-state index contributed by atoms with van der Waals surface area (Å²) in [6.45, 7) is 4.54. The van der Waals surface area contributed by atoms with Gasteiger partial charge in [-0.25, -0.2) is 0 Å². The van der Waals surface area contributed by atoms with Crippen LogP contribution in [0.3, 0.4) is 0 Å². The first-order valence-electron chi connectivity index (χ1n) is 6.36. The molecule has 86 valence electrons. The highest BCUT2D eigenvalue weighted by molar-refractivity contribution is 5.15. The van der Waals surface area contributed by atoms with Crippen LogP contribution in [-0.2, 0) is 0 Å². The van der Waals surface area contributed by atoms with Crippen LogP contribution < -0.4 is 0 Å². The SMILES string of the molecule is CC1(C)C=CCC(CC2C=CC=CC2)C=C1. The van der Waals surface area contributed by atoms with Gasteiger partial charge >= 0.3 is 0 Å². The number of hydrogen-bond acceptors (Lipinski definition) is 0. The minimum Gasteiger partial charge on any atom is -0.0871 e. The first-order valence-corrected chi connectivity index (χ1v) is 6.36. The molecule has 0 spiro atoms. The lowest BCUT2D eigenvalue weighted by atomic mass is 9.87. The number of hydrogen-bond donors (Lipinski definition) is 0. The minimum atomic E-state index is 0.247. The van der Waals surface area contributed by atoms with Gasteiger partial charge < -0.3 is 0 Å². The summed E-state index contributed by atoms with van der Waals surface area (Å²) in [6.07, 6.45) is 22.2. The Morgan fingerprint density at radius 2 is 1.69 bits per heavy atom. The summed E-state index contributed by atoms with van der Waals surface area (Å²) in [5, 5.41) is 0. The molecule has 0 radical (unpaired) electrons. The quantitative estimate of drug-likeness (QED) is 0.586. The van der Waals surface area contributed by atoms with Gasteiger partial charge in [0, 0.05) is 5.41 Å². The molecule has 0 aromatic heterocycles. The van der Waals surface area contributed by atoms with Crippen LogP contribution in [0.1, 0.15) is 33.1 Å². The summed E-state index contributed by atoms with van der Waals surface area (Å²) in [5.74, 6) is 1.47. The standard InChI is InChI=1S/C16H22/c1-16(2)11-6-9-15(10-12-16)13-14-7-4-3-5-8-14/h3-7,10-12,14-15H,8-9,13H2,1-2H3. The third-order valence-electron chi connectivity index (χ3n) is 3.46. The maximum Gasteiger partial charge on any atom is 0.000450 e. The van der Waals surface area contributed by atoms with E-state index in [-0.39, 0.29) is 5.41 Å². The maximum absolute atomic E-state index is 2.42. The van der Waals surface area contributed by atoms with Crippen molar-refractivity contribution >= 4 is 0 Å². The van der Waals surface area contributed by atoms with Crippen molar-refractivity contribution in [1.82, 2.24) is 0 Å². The predicted octanol–water partition coefficient (Wildman–Crippen LogP) is 4.67. The van der Waals surface area contributed by atoms with Crippen LogP contribution in [0.2, 0.25) is 0 Å². The smallest absolute Gasteiger partial charge is 0.000450 e. The highest BCUT2D eigenvalue weighted by Gasteiger charge is 2.17. The van der Waals surface area contributed by atoms with Crippen molar-refractivity contribution in [3.63, 3.8) is 0 Å². The third kappa shape index (κ3) is 3.23. The van der Waals surface area contributed by atoms with Crippen molar-refractivity contribution in [1.29, 1.82) is 0 Å². The molecule has 2 rings (SSSR count). The molecule has 0 nitrogen and oxygen atoms in total. The van der Waals surface area contributed by atoms with E-state index in [0.717, 1.165) is 11.8 Å². The summed E-state index contributed by atoms with van der Waals surface area (Å²) >= 11 is 0. The van der Waals surface area contributed by atoms with E-state index in [2.05, 4.69) is 62.5 Å². The van der Waals surface area contributed by atoms with Crippen molar-refractivity contribution in [2.45, 2.75) is 33.1 Å². The fourth-order valence-electron chi connectivity index (χ4n) is 2.44. The Morgan fingerprint density at radius 1 is 0.938 bits per heavy atom. The van der Waals surface area contributed by atoms with Crippen LogP contribution in [0.4, 0.5) is 0 Å². The van der Waals surface area contributed by atoms with Crippen molar-refractivity contribution in [2.75, 3.05) is 0 Å². The lowest BCUT2D eigenvalue weighted by Crippen LogP contribution is -2.05. The summed E-state index contributed by atoms with van der Waals surface area (Å²) in [7, 11) is 0. The molecule has 0 heteroatoms. The Bertz CT molecular complexity index is 339. The second-order valence-electron chi connectivity index (χ2n) is 5.62. The predicted molar refractivity (Wildman–Crippen MR) is 71.2 cm³/mol. The first-order chi connectivity index (χ1) is 7.66. The average molecular weight is 214 g/mol. The van der Waals surface area contributed by atoms with Gasteiger partial charge in [0.2, 0.25) is 0 Å².